The minimum atomic E-state index is -0.488. The summed E-state index contributed by atoms with van der Waals surface area (Å²) in [4.78, 5) is 12.2. The molecule has 0 aliphatic rings. The number of carbonyl (C=O) groups is 1. The Morgan fingerprint density at radius 2 is 2.00 bits per heavy atom. The molecule has 0 fully saturated rings. The Kier molecular flexibility index (Phi) is 6.71. The third-order valence-electron chi connectivity index (χ3n) is 3.79. The highest BCUT2D eigenvalue weighted by molar-refractivity contribution is 5.92. The Morgan fingerprint density at radius 3 is 2.50 bits per heavy atom. The molecule has 20 heavy (non-hydrogen) atoms. The molecule has 0 aromatic carbocycles. The number of hydrogen-bond donors (Lipinski definition) is 2. The maximum Gasteiger partial charge on any atom is 0.269 e. The number of aliphatic hydroxyl groups is 1. The number of hydrogen-bond acceptors (Lipinski definition) is 3. The lowest BCUT2D eigenvalue weighted by Gasteiger charge is -2.20. The summed E-state index contributed by atoms with van der Waals surface area (Å²) in [7, 11) is 0. The van der Waals surface area contributed by atoms with E-state index in [1.807, 2.05) is 19.9 Å². The van der Waals surface area contributed by atoms with Crippen LogP contribution >= 0.6 is 0 Å². The molecule has 1 heterocycles. The van der Waals surface area contributed by atoms with Gasteiger partial charge >= 0.3 is 0 Å². The molecule has 5 nitrogen and oxygen atoms in total. The van der Waals surface area contributed by atoms with Gasteiger partial charge in [0.25, 0.3) is 5.91 Å². The van der Waals surface area contributed by atoms with E-state index in [1.54, 1.807) is 4.68 Å². The summed E-state index contributed by atoms with van der Waals surface area (Å²) < 4.78 is 1.71. The zero-order valence-corrected chi connectivity index (χ0v) is 13.0. The van der Waals surface area contributed by atoms with E-state index in [4.69, 9.17) is 0 Å². The first-order valence-electron chi connectivity index (χ1n) is 7.60. The fourth-order valence-electron chi connectivity index (χ4n) is 2.35. The summed E-state index contributed by atoms with van der Waals surface area (Å²) in [6.07, 6.45) is 2.15. The van der Waals surface area contributed by atoms with Gasteiger partial charge in [-0.05, 0) is 25.3 Å². The SMILES string of the molecule is CCc1cc(C(=O)NCC(O)C(CC)CC)n(CC)n1. The molecule has 1 unspecified atom stereocenters. The number of aryl methyl sites for hydroxylation is 2. The standard InChI is InChI=1S/C15H27N3O2/c1-5-11(6-2)14(19)10-16-15(20)13-9-12(7-3)17-18(13)8-4/h9,11,14,19H,5-8,10H2,1-4H3,(H,16,20). The molecular formula is C15H27N3O2. The van der Waals surface area contributed by atoms with Crippen molar-refractivity contribution in [3.63, 3.8) is 0 Å². The van der Waals surface area contributed by atoms with E-state index in [0.717, 1.165) is 25.0 Å². The van der Waals surface area contributed by atoms with Crippen molar-refractivity contribution < 1.29 is 9.90 Å². The van der Waals surface area contributed by atoms with Crippen LogP contribution < -0.4 is 5.32 Å². The minimum Gasteiger partial charge on any atom is -0.391 e. The number of aromatic nitrogens is 2. The van der Waals surface area contributed by atoms with Crippen LogP contribution in [0.3, 0.4) is 0 Å². The molecule has 1 aromatic heterocycles. The number of nitrogens with one attached hydrogen (secondary N) is 1. The van der Waals surface area contributed by atoms with Crippen LogP contribution in [0.25, 0.3) is 0 Å². The Labute approximate surface area is 121 Å². The predicted octanol–water partition coefficient (Wildman–Crippen LogP) is 1.99. The van der Waals surface area contributed by atoms with Gasteiger partial charge in [0.2, 0.25) is 0 Å². The van der Waals surface area contributed by atoms with Crippen LogP contribution in [-0.4, -0.2) is 33.4 Å². The van der Waals surface area contributed by atoms with E-state index in [9.17, 15) is 9.90 Å². The van der Waals surface area contributed by atoms with Gasteiger partial charge < -0.3 is 10.4 Å². The molecular weight excluding hydrogens is 254 g/mol. The van der Waals surface area contributed by atoms with Crippen LogP contribution in [0.4, 0.5) is 0 Å². The number of nitrogens with zero attached hydrogens (tertiary/aromatic N) is 2. The summed E-state index contributed by atoms with van der Waals surface area (Å²) in [5.74, 6) is 0.0710. The maximum atomic E-state index is 12.2. The molecule has 2 N–H and O–H groups in total. The van der Waals surface area contributed by atoms with Gasteiger partial charge in [-0.25, -0.2) is 0 Å². The van der Waals surface area contributed by atoms with E-state index >= 15 is 0 Å². The van der Waals surface area contributed by atoms with Crippen LogP contribution in [0.1, 0.15) is 56.7 Å². The van der Waals surface area contributed by atoms with Crippen LogP contribution in [0.5, 0.6) is 0 Å². The van der Waals surface area contributed by atoms with Crippen LogP contribution in [0.15, 0.2) is 6.07 Å². The zero-order chi connectivity index (χ0) is 15.1. The lowest BCUT2D eigenvalue weighted by atomic mass is 9.96. The van der Waals surface area contributed by atoms with Gasteiger partial charge in [-0.15, -0.1) is 0 Å². The van der Waals surface area contributed by atoms with Gasteiger partial charge in [-0.3, -0.25) is 9.48 Å². The Bertz CT molecular complexity index is 425. The van der Waals surface area contributed by atoms with E-state index in [0.29, 0.717) is 18.8 Å². The topological polar surface area (TPSA) is 67.2 Å². The largest absolute Gasteiger partial charge is 0.391 e. The Balaban J connectivity index is 2.65. The van der Waals surface area contributed by atoms with Crippen LogP contribution in [0.2, 0.25) is 0 Å². The van der Waals surface area contributed by atoms with Gasteiger partial charge in [-0.1, -0.05) is 33.6 Å². The third kappa shape index (κ3) is 4.07. The van der Waals surface area contributed by atoms with Gasteiger partial charge in [0.05, 0.1) is 11.8 Å². The van der Waals surface area contributed by atoms with Crippen molar-refractivity contribution in [3.8, 4) is 0 Å². The number of carbonyl (C=O) groups excluding carboxylic acids is 1. The molecule has 1 amide bonds. The van der Waals surface area contributed by atoms with Crippen molar-refractivity contribution in [2.75, 3.05) is 6.54 Å². The molecule has 1 atom stereocenters. The van der Waals surface area contributed by atoms with Gasteiger partial charge in [-0.2, -0.15) is 5.10 Å². The lowest BCUT2D eigenvalue weighted by molar-refractivity contribution is 0.0809. The van der Waals surface area contributed by atoms with Gasteiger partial charge in [0.15, 0.2) is 0 Å². The second-order valence-corrected chi connectivity index (χ2v) is 5.04. The lowest BCUT2D eigenvalue weighted by Crippen LogP contribution is -2.36. The van der Waals surface area contributed by atoms with Gasteiger partial charge in [0, 0.05) is 13.1 Å². The van der Waals surface area contributed by atoms with Crippen molar-refractivity contribution in [2.24, 2.45) is 5.92 Å². The molecule has 0 saturated heterocycles. The molecule has 0 saturated carbocycles. The second kappa shape index (κ2) is 8.04. The molecule has 0 radical (unpaired) electrons. The summed E-state index contributed by atoms with van der Waals surface area (Å²) >= 11 is 0. The maximum absolute atomic E-state index is 12.2. The fraction of sp³-hybridized carbons (Fsp3) is 0.733. The molecule has 114 valence electrons. The smallest absolute Gasteiger partial charge is 0.269 e. The molecule has 0 spiro atoms. The summed E-state index contributed by atoms with van der Waals surface area (Å²) in [6, 6.07) is 1.82. The van der Waals surface area contributed by atoms with E-state index in [2.05, 4.69) is 24.3 Å². The molecule has 1 rings (SSSR count). The third-order valence-corrected chi connectivity index (χ3v) is 3.79. The van der Waals surface area contributed by atoms with E-state index in [-0.39, 0.29) is 11.8 Å². The van der Waals surface area contributed by atoms with E-state index < -0.39 is 6.10 Å². The number of rotatable bonds is 8. The number of amides is 1. The first-order valence-corrected chi connectivity index (χ1v) is 7.60. The highest BCUT2D eigenvalue weighted by atomic mass is 16.3. The van der Waals surface area contributed by atoms with Crippen molar-refractivity contribution in [2.45, 2.75) is 59.6 Å². The predicted molar refractivity (Wildman–Crippen MR) is 79.7 cm³/mol. The van der Waals surface area contributed by atoms with E-state index in [1.165, 1.54) is 0 Å². The summed E-state index contributed by atoms with van der Waals surface area (Å²) in [6.45, 7) is 9.04. The zero-order valence-electron chi connectivity index (χ0n) is 13.0. The molecule has 0 bridgehead atoms. The van der Waals surface area contributed by atoms with Crippen molar-refractivity contribution >= 4 is 5.91 Å². The second-order valence-electron chi connectivity index (χ2n) is 5.04. The molecule has 0 aliphatic heterocycles. The van der Waals surface area contributed by atoms with Gasteiger partial charge in [0.1, 0.15) is 5.69 Å². The fourth-order valence-corrected chi connectivity index (χ4v) is 2.35. The van der Waals surface area contributed by atoms with Crippen LogP contribution in [0, 0.1) is 5.92 Å². The highest BCUT2D eigenvalue weighted by Gasteiger charge is 2.18. The summed E-state index contributed by atoms with van der Waals surface area (Å²) in [5.41, 5.74) is 1.48. The monoisotopic (exact) mass is 281 g/mol. The Morgan fingerprint density at radius 1 is 1.35 bits per heavy atom. The first kappa shape index (κ1) is 16.7. The van der Waals surface area contributed by atoms with Crippen LogP contribution in [-0.2, 0) is 13.0 Å². The molecule has 1 aromatic rings. The quantitative estimate of drug-likeness (QED) is 0.766. The Hall–Kier alpha value is -1.36. The normalized spacial score (nSPS) is 12.7. The average Bonchev–Trinajstić information content (AvgIpc) is 2.89. The average molecular weight is 281 g/mol. The van der Waals surface area contributed by atoms with Crippen molar-refractivity contribution in [1.82, 2.24) is 15.1 Å². The summed E-state index contributed by atoms with van der Waals surface area (Å²) in [5, 5.41) is 17.2. The number of aliphatic hydroxyl groups excluding tert-OH is 1. The molecule has 5 heteroatoms. The molecule has 0 aliphatic carbocycles. The first-order chi connectivity index (χ1) is 9.57. The van der Waals surface area contributed by atoms with Crippen molar-refractivity contribution in [1.29, 1.82) is 0 Å². The van der Waals surface area contributed by atoms with Crippen molar-refractivity contribution in [3.05, 3.63) is 17.5 Å². The minimum absolute atomic E-state index is 0.163. The highest BCUT2D eigenvalue weighted by Crippen LogP contribution is 2.12.